The van der Waals surface area contributed by atoms with E-state index in [-0.39, 0.29) is 11.3 Å². The summed E-state index contributed by atoms with van der Waals surface area (Å²) in [6.45, 7) is 1.44. The lowest BCUT2D eigenvalue weighted by Crippen LogP contribution is -2.45. The number of sulfonamides is 1. The molecular formula is C17H18ClN3O4S. The van der Waals surface area contributed by atoms with Gasteiger partial charge in [0.25, 0.3) is 5.91 Å². The van der Waals surface area contributed by atoms with E-state index in [2.05, 4.69) is 5.32 Å². The van der Waals surface area contributed by atoms with Crippen molar-refractivity contribution in [3.63, 3.8) is 0 Å². The molecule has 0 aliphatic rings. The average molecular weight is 396 g/mol. The summed E-state index contributed by atoms with van der Waals surface area (Å²) in [5.74, 6) is -1.31. The van der Waals surface area contributed by atoms with Crippen LogP contribution in [0.5, 0.6) is 0 Å². The lowest BCUT2D eigenvalue weighted by atomic mass is 10.1. The van der Waals surface area contributed by atoms with Crippen LogP contribution in [0.3, 0.4) is 0 Å². The van der Waals surface area contributed by atoms with Gasteiger partial charge in [-0.3, -0.25) is 13.9 Å². The van der Waals surface area contributed by atoms with Crippen LogP contribution in [0.15, 0.2) is 48.5 Å². The van der Waals surface area contributed by atoms with E-state index in [9.17, 15) is 18.0 Å². The number of benzene rings is 2. The summed E-state index contributed by atoms with van der Waals surface area (Å²) >= 11 is 5.84. The second-order valence-corrected chi connectivity index (χ2v) is 7.91. The standard InChI is InChI=1S/C17H18ClN3O4S/c1-11(17(23)20-15-6-4-3-5-14(15)16(19)22)21(26(2,24)25)13-9-7-12(18)8-10-13/h3-11H,1-2H3,(H2,19,22)(H,20,23). The summed E-state index contributed by atoms with van der Waals surface area (Å²) in [4.78, 5) is 24.1. The number of nitrogens with two attached hydrogens (primary N) is 1. The minimum absolute atomic E-state index is 0.130. The van der Waals surface area contributed by atoms with Gasteiger partial charge in [0.05, 0.1) is 23.2 Å². The normalized spacial score (nSPS) is 12.3. The van der Waals surface area contributed by atoms with Crippen LogP contribution in [0.4, 0.5) is 11.4 Å². The first-order chi connectivity index (χ1) is 12.1. The number of halogens is 1. The third-order valence-corrected chi connectivity index (χ3v) is 5.11. The summed E-state index contributed by atoms with van der Waals surface area (Å²) in [5.41, 5.74) is 5.93. The van der Waals surface area contributed by atoms with Crippen LogP contribution < -0.4 is 15.4 Å². The van der Waals surface area contributed by atoms with Gasteiger partial charge in [0.1, 0.15) is 6.04 Å². The first-order valence-corrected chi connectivity index (χ1v) is 9.78. The molecule has 0 aromatic heterocycles. The number of nitrogens with zero attached hydrogens (tertiary/aromatic N) is 1. The van der Waals surface area contributed by atoms with Gasteiger partial charge in [-0.15, -0.1) is 0 Å². The summed E-state index contributed by atoms with van der Waals surface area (Å²) in [6, 6.07) is 11.2. The number of rotatable bonds is 6. The van der Waals surface area contributed by atoms with Crippen molar-refractivity contribution in [3.8, 4) is 0 Å². The largest absolute Gasteiger partial charge is 0.366 e. The maximum Gasteiger partial charge on any atom is 0.250 e. The van der Waals surface area contributed by atoms with Crippen LogP contribution in [0, 0.1) is 0 Å². The van der Waals surface area contributed by atoms with Crippen LogP contribution in [0.1, 0.15) is 17.3 Å². The number of hydrogen-bond acceptors (Lipinski definition) is 4. The van der Waals surface area contributed by atoms with Crippen molar-refractivity contribution < 1.29 is 18.0 Å². The fraction of sp³-hybridized carbons (Fsp3) is 0.176. The first kappa shape index (κ1) is 19.7. The highest BCUT2D eigenvalue weighted by Gasteiger charge is 2.29. The topological polar surface area (TPSA) is 110 Å². The highest BCUT2D eigenvalue weighted by molar-refractivity contribution is 7.92. The maximum absolute atomic E-state index is 12.6. The van der Waals surface area contributed by atoms with Crippen molar-refractivity contribution in [2.75, 3.05) is 15.9 Å². The Balaban J connectivity index is 2.34. The highest BCUT2D eigenvalue weighted by Crippen LogP contribution is 2.24. The molecule has 0 radical (unpaired) electrons. The molecule has 2 aromatic rings. The molecule has 0 fully saturated rings. The molecule has 1 atom stereocenters. The molecule has 0 bridgehead atoms. The summed E-state index contributed by atoms with van der Waals surface area (Å²) in [6.07, 6.45) is 1.00. The molecule has 3 N–H and O–H groups in total. The number of carbonyl (C=O) groups is 2. The quantitative estimate of drug-likeness (QED) is 0.781. The number of nitrogens with one attached hydrogen (secondary N) is 1. The van der Waals surface area contributed by atoms with E-state index in [1.807, 2.05) is 0 Å². The minimum Gasteiger partial charge on any atom is -0.366 e. The number of primary amides is 1. The number of amides is 2. The van der Waals surface area contributed by atoms with Gasteiger partial charge in [-0.25, -0.2) is 8.42 Å². The molecule has 0 aliphatic heterocycles. The molecule has 0 saturated heterocycles. The van der Waals surface area contributed by atoms with Crippen molar-refractivity contribution in [1.29, 1.82) is 0 Å². The van der Waals surface area contributed by atoms with E-state index in [1.54, 1.807) is 12.1 Å². The molecule has 2 rings (SSSR count). The molecule has 138 valence electrons. The van der Waals surface area contributed by atoms with Crippen LogP contribution in [0.25, 0.3) is 0 Å². The van der Waals surface area contributed by atoms with Gasteiger partial charge in [0.2, 0.25) is 15.9 Å². The van der Waals surface area contributed by atoms with Gasteiger partial charge in [-0.1, -0.05) is 23.7 Å². The molecular weight excluding hydrogens is 378 g/mol. The second-order valence-electron chi connectivity index (χ2n) is 5.61. The maximum atomic E-state index is 12.6. The Bertz CT molecular complexity index is 929. The molecule has 0 saturated carbocycles. The Hall–Kier alpha value is -2.58. The van der Waals surface area contributed by atoms with Crippen LogP contribution in [0.2, 0.25) is 5.02 Å². The summed E-state index contributed by atoms with van der Waals surface area (Å²) in [5, 5.41) is 2.99. The number of anilines is 2. The lowest BCUT2D eigenvalue weighted by molar-refractivity contribution is -0.116. The summed E-state index contributed by atoms with van der Waals surface area (Å²) < 4.78 is 25.4. The molecule has 0 heterocycles. The molecule has 26 heavy (non-hydrogen) atoms. The van der Waals surface area contributed by atoms with E-state index in [0.717, 1.165) is 10.6 Å². The van der Waals surface area contributed by atoms with Crippen molar-refractivity contribution in [2.24, 2.45) is 5.73 Å². The van der Waals surface area contributed by atoms with E-state index in [0.29, 0.717) is 10.7 Å². The first-order valence-electron chi connectivity index (χ1n) is 7.56. The zero-order valence-electron chi connectivity index (χ0n) is 14.1. The summed E-state index contributed by atoms with van der Waals surface area (Å²) in [7, 11) is -3.76. The molecule has 0 aliphatic carbocycles. The molecule has 0 spiro atoms. The molecule has 9 heteroatoms. The zero-order chi connectivity index (χ0) is 19.5. The number of carbonyl (C=O) groups excluding carboxylic acids is 2. The van der Waals surface area contributed by atoms with Crippen LogP contribution >= 0.6 is 11.6 Å². The van der Waals surface area contributed by atoms with Gasteiger partial charge in [-0.2, -0.15) is 0 Å². The van der Waals surface area contributed by atoms with Crippen molar-refractivity contribution in [3.05, 3.63) is 59.1 Å². The smallest absolute Gasteiger partial charge is 0.250 e. The van der Waals surface area contributed by atoms with Gasteiger partial charge < -0.3 is 11.1 Å². The van der Waals surface area contributed by atoms with E-state index in [1.165, 1.54) is 43.3 Å². The van der Waals surface area contributed by atoms with Crippen LogP contribution in [-0.2, 0) is 14.8 Å². The Morgan fingerprint density at radius 3 is 2.23 bits per heavy atom. The monoisotopic (exact) mass is 395 g/mol. The zero-order valence-corrected chi connectivity index (χ0v) is 15.7. The van der Waals surface area contributed by atoms with Gasteiger partial charge >= 0.3 is 0 Å². The van der Waals surface area contributed by atoms with Crippen molar-refractivity contribution in [2.45, 2.75) is 13.0 Å². The average Bonchev–Trinajstić information content (AvgIpc) is 2.55. The fourth-order valence-electron chi connectivity index (χ4n) is 2.44. The van der Waals surface area contributed by atoms with E-state index in [4.69, 9.17) is 17.3 Å². The lowest BCUT2D eigenvalue weighted by Gasteiger charge is -2.28. The minimum atomic E-state index is -3.76. The fourth-order valence-corrected chi connectivity index (χ4v) is 3.74. The van der Waals surface area contributed by atoms with E-state index < -0.39 is 27.9 Å². The third kappa shape index (κ3) is 4.53. The predicted octanol–water partition coefficient (Wildman–Crippen LogP) is 2.23. The van der Waals surface area contributed by atoms with E-state index >= 15 is 0 Å². The second kappa shape index (κ2) is 7.76. The van der Waals surface area contributed by atoms with Crippen LogP contribution in [-0.4, -0.2) is 32.5 Å². The van der Waals surface area contributed by atoms with Crippen molar-refractivity contribution in [1.82, 2.24) is 0 Å². The molecule has 2 amide bonds. The SMILES string of the molecule is CC(C(=O)Nc1ccccc1C(N)=O)N(c1ccc(Cl)cc1)S(C)(=O)=O. The molecule has 7 nitrogen and oxygen atoms in total. The Kier molecular flexibility index (Phi) is 5.89. The molecule has 1 unspecified atom stereocenters. The Morgan fingerprint density at radius 1 is 1.12 bits per heavy atom. The highest BCUT2D eigenvalue weighted by atomic mass is 35.5. The third-order valence-electron chi connectivity index (χ3n) is 3.62. The van der Waals surface area contributed by atoms with Gasteiger partial charge in [0, 0.05) is 5.02 Å². The van der Waals surface area contributed by atoms with Gasteiger partial charge in [-0.05, 0) is 43.3 Å². The molecule has 2 aromatic carbocycles. The number of para-hydroxylation sites is 1. The predicted molar refractivity (Wildman–Crippen MR) is 102 cm³/mol. The van der Waals surface area contributed by atoms with Crippen molar-refractivity contribution >= 4 is 44.8 Å². The van der Waals surface area contributed by atoms with Gasteiger partial charge in [0.15, 0.2) is 0 Å². The Morgan fingerprint density at radius 2 is 1.69 bits per heavy atom. The Labute approximate surface area is 156 Å². The number of hydrogen-bond donors (Lipinski definition) is 2.